The molecule has 27 heavy (non-hydrogen) atoms. The quantitative estimate of drug-likeness (QED) is 0.502. The Morgan fingerprint density at radius 2 is 1.96 bits per heavy atom. The van der Waals surface area contributed by atoms with Crippen molar-refractivity contribution in [3.8, 4) is 5.69 Å². The van der Waals surface area contributed by atoms with E-state index in [-0.39, 0.29) is 17.2 Å². The second-order valence-electron chi connectivity index (χ2n) is 6.57. The zero-order valence-electron chi connectivity index (χ0n) is 15.4. The number of hydrogen-bond donors (Lipinski definition) is 1. The molecule has 6 nitrogen and oxygen atoms in total. The van der Waals surface area contributed by atoms with Crippen LogP contribution in [0.4, 0.5) is 0 Å². The van der Waals surface area contributed by atoms with Gasteiger partial charge in [-0.2, -0.15) is 0 Å². The summed E-state index contributed by atoms with van der Waals surface area (Å²) in [6.45, 7) is 4.88. The van der Waals surface area contributed by atoms with Gasteiger partial charge in [0.05, 0.1) is 16.8 Å². The van der Waals surface area contributed by atoms with E-state index in [2.05, 4.69) is 29.1 Å². The van der Waals surface area contributed by atoms with Crippen LogP contribution in [-0.4, -0.2) is 32.7 Å². The monoisotopic (exact) mass is 382 g/mol. The third-order valence-corrected chi connectivity index (χ3v) is 4.94. The number of thioether (sulfide) groups is 1. The smallest absolute Gasteiger partial charge is 0.268 e. The van der Waals surface area contributed by atoms with Gasteiger partial charge in [0.25, 0.3) is 5.56 Å². The van der Waals surface area contributed by atoms with E-state index in [1.807, 2.05) is 30.3 Å². The zero-order valence-corrected chi connectivity index (χ0v) is 16.2. The van der Waals surface area contributed by atoms with Gasteiger partial charge < -0.3 is 5.32 Å². The van der Waals surface area contributed by atoms with Gasteiger partial charge in [-0.3, -0.25) is 14.2 Å². The number of carbonyl (C=O) groups excluding carboxylic acids is 1. The first-order valence-electron chi connectivity index (χ1n) is 8.89. The average Bonchev–Trinajstić information content (AvgIpc) is 2.67. The lowest BCUT2D eigenvalue weighted by molar-refractivity contribution is -0.118. The molecule has 7 heteroatoms. The molecule has 2 aromatic heterocycles. The highest BCUT2D eigenvalue weighted by molar-refractivity contribution is 7.99. The predicted octanol–water partition coefficient (Wildman–Crippen LogP) is 3.04. The van der Waals surface area contributed by atoms with Crippen LogP contribution in [0.5, 0.6) is 0 Å². The van der Waals surface area contributed by atoms with Gasteiger partial charge in [0.15, 0.2) is 10.8 Å². The van der Waals surface area contributed by atoms with Crippen molar-refractivity contribution in [2.45, 2.75) is 25.4 Å². The highest BCUT2D eigenvalue weighted by atomic mass is 32.2. The maximum atomic E-state index is 13.0. The van der Waals surface area contributed by atoms with Crippen molar-refractivity contribution in [2.75, 3.05) is 12.3 Å². The average molecular weight is 382 g/mol. The van der Waals surface area contributed by atoms with Crippen LogP contribution in [0.1, 0.15) is 20.3 Å². The van der Waals surface area contributed by atoms with E-state index in [0.29, 0.717) is 34.3 Å². The fraction of sp³-hybridized carbons (Fsp3) is 0.300. The third kappa shape index (κ3) is 4.74. The Hall–Kier alpha value is -2.67. The lowest BCUT2D eigenvalue weighted by atomic mass is 10.1. The van der Waals surface area contributed by atoms with Gasteiger partial charge in [0.1, 0.15) is 0 Å². The molecule has 0 saturated heterocycles. The molecule has 0 bridgehead atoms. The van der Waals surface area contributed by atoms with Gasteiger partial charge in [0.2, 0.25) is 5.91 Å². The van der Waals surface area contributed by atoms with E-state index in [1.165, 1.54) is 16.3 Å². The topological polar surface area (TPSA) is 76.9 Å². The Bertz CT molecular complexity index is 986. The summed E-state index contributed by atoms with van der Waals surface area (Å²) < 4.78 is 1.54. The van der Waals surface area contributed by atoms with Gasteiger partial charge in [-0.1, -0.05) is 43.8 Å². The standard InChI is InChI=1S/C20H22N4O2S/c1-14(2)10-12-21-17(25)13-27-20-23-18-16(9-6-11-22-18)19(26)24(20)15-7-4-3-5-8-15/h3-9,11,14H,10,12-13H2,1-2H3,(H,21,25). The minimum absolute atomic E-state index is 0.0735. The fourth-order valence-electron chi connectivity index (χ4n) is 2.58. The number of carbonyl (C=O) groups is 1. The first-order chi connectivity index (χ1) is 13.1. The summed E-state index contributed by atoms with van der Waals surface area (Å²) in [5.74, 6) is 0.653. The number of rotatable bonds is 7. The minimum Gasteiger partial charge on any atom is -0.355 e. The van der Waals surface area contributed by atoms with E-state index in [4.69, 9.17) is 0 Å². The Morgan fingerprint density at radius 1 is 1.19 bits per heavy atom. The number of hydrogen-bond acceptors (Lipinski definition) is 5. The van der Waals surface area contributed by atoms with Crippen molar-refractivity contribution < 1.29 is 4.79 Å². The molecule has 0 unspecified atom stereocenters. The van der Waals surface area contributed by atoms with Crippen LogP contribution in [-0.2, 0) is 4.79 Å². The van der Waals surface area contributed by atoms with E-state index in [0.717, 1.165) is 6.42 Å². The summed E-state index contributed by atoms with van der Waals surface area (Å²) in [5.41, 5.74) is 0.905. The molecule has 0 fully saturated rings. The molecule has 2 heterocycles. The molecule has 0 aliphatic heterocycles. The highest BCUT2D eigenvalue weighted by Crippen LogP contribution is 2.20. The van der Waals surface area contributed by atoms with Crippen LogP contribution in [0.2, 0.25) is 0 Å². The maximum absolute atomic E-state index is 13.0. The number of aromatic nitrogens is 3. The first kappa shape index (κ1) is 19.1. The van der Waals surface area contributed by atoms with Gasteiger partial charge in [-0.25, -0.2) is 9.97 Å². The largest absolute Gasteiger partial charge is 0.355 e. The molecule has 140 valence electrons. The summed E-state index contributed by atoms with van der Waals surface area (Å²) >= 11 is 1.24. The summed E-state index contributed by atoms with van der Waals surface area (Å²) in [7, 11) is 0. The van der Waals surface area contributed by atoms with Crippen LogP contribution < -0.4 is 10.9 Å². The number of amides is 1. The van der Waals surface area contributed by atoms with Crippen molar-refractivity contribution >= 4 is 28.7 Å². The Morgan fingerprint density at radius 3 is 2.70 bits per heavy atom. The molecule has 0 aliphatic carbocycles. The lowest BCUT2D eigenvalue weighted by Crippen LogP contribution is -2.28. The van der Waals surface area contributed by atoms with Crippen LogP contribution in [0.25, 0.3) is 16.7 Å². The van der Waals surface area contributed by atoms with Crippen LogP contribution in [0.15, 0.2) is 58.6 Å². The highest BCUT2D eigenvalue weighted by Gasteiger charge is 2.15. The molecule has 0 saturated carbocycles. The maximum Gasteiger partial charge on any atom is 0.268 e. The third-order valence-electron chi connectivity index (χ3n) is 4.00. The molecule has 0 aliphatic rings. The SMILES string of the molecule is CC(C)CCNC(=O)CSc1nc2ncccc2c(=O)n1-c1ccccc1. The molecular formula is C20H22N4O2S. The number of fused-ring (bicyclic) bond motifs is 1. The van der Waals surface area contributed by atoms with E-state index < -0.39 is 0 Å². The molecule has 0 spiro atoms. The second-order valence-corrected chi connectivity index (χ2v) is 7.51. The summed E-state index contributed by atoms with van der Waals surface area (Å²) in [4.78, 5) is 33.9. The van der Waals surface area contributed by atoms with Crippen molar-refractivity contribution in [2.24, 2.45) is 5.92 Å². The first-order valence-corrected chi connectivity index (χ1v) is 9.87. The van der Waals surface area contributed by atoms with Crippen molar-refractivity contribution in [3.05, 3.63) is 59.0 Å². The Kier molecular flexibility index (Phi) is 6.24. The fourth-order valence-corrected chi connectivity index (χ4v) is 3.41. The molecule has 1 aromatic carbocycles. The number of pyridine rings is 1. The molecule has 1 amide bonds. The molecule has 1 N–H and O–H groups in total. The van der Waals surface area contributed by atoms with Crippen molar-refractivity contribution in [3.63, 3.8) is 0 Å². The summed E-state index contributed by atoms with van der Waals surface area (Å²) in [6, 6.07) is 12.7. The Labute approximate surface area is 162 Å². The predicted molar refractivity (Wildman–Crippen MR) is 108 cm³/mol. The normalized spacial score (nSPS) is 11.1. The van der Waals surface area contributed by atoms with Crippen molar-refractivity contribution in [1.82, 2.24) is 19.9 Å². The number of para-hydroxylation sites is 1. The van der Waals surface area contributed by atoms with E-state index in [1.54, 1.807) is 18.3 Å². The van der Waals surface area contributed by atoms with Gasteiger partial charge >= 0.3 is 0 Å². The summed E-state index contributed by atoms with van der Waals surface area (Å²) in [5, 5.41) is 3.81. The molecular weight excluding hydrogens is 360 g/mol. The lowest BCUT2D eigenvalue weighted by Gasteiger charge is -2.13. The molecule has 3 aromatic rings. The van der Waals surface area contributed by atoms with Crippen LogP contribution in [0, 0.1) is 5.92 Å². The van der Waals surface area contributed by atoms with Gasteiger partial charge in [-0.15, -0.1) is 0 Å². The zero-order chi connectivity index (χ0) is 19.2. The van der Waals surface area contributed by atoms with Gasteiger partial charge in [0, 0.05) is 12.7 Å². The second kappa shape index (κ2) is 8.81. The number of benzene rings is 1. The Balaban J connectivity index is 1.89. The van der Waals surface area contributed by atoms with Crippen LogP contribution in [0.3, 0.4) is 0 Å². The van der Waals surface area contributed by atoms with E-state index in [9.17, 15) is 9.59 Å². The van der Waals surface area contributed by atoms with Gasteiger partial charge in [-0.05, 0) is 36.6 Å². The number of nitrogens with zero attached hydrogens (tertiary/aromatic N) is 3. The van der Waals surface area contributed by atoms with E-state index >= 15 is 0 Å². The number of nitrogens with one attached hydrogen (secondary N) is 1. The van der Waals surface area contributed by atoms with Crippen molar-refractivity contribution in [1.29, 1.82) is 0 Å². The molecule has 3 rings (SSSR count). The summed E-state index contributed by atoms with van der Waals surface area (Å²) in [6.07, 6.45) is 2.54. The molecule has 0 atom stereocenters. The molecule has 0 radical (unpaired) electrons. The van der Waals surface area contributed by atoms with Crippen LogP contribution >= 0.6 is 11.8 Å². The minimum atomic E-state index is -0.193.